The summed E-state index contributed by atoms with van der Waals surface area (Å²) in [5.74, 6) is 0.305. The molecule has 0 radical (unpaired) electrons. The maximum atomic E-state index is 12.3. The van der Waals surface area contributed by atoms with Crippen LogP contribution in [0.4, 0.5) is 0 Å². The lowest BCUT2D eigenvalue weighted by Gasteiger charge is -2.35. The second-order valence-corrected chi connectivity index (χ2v) is 6.88. The first-order valence-corrected chi connectivity index (χ1v) is 8.14. The number of halogens is 1. The van der Waals surface area contributed by atoms with E-state index >= 15 is 0 Å². The molecule has 0 spiro atoms. The van der Waals surface area contributed by atoms with Crippen molar-refractivity contribution in [1.82, 2.24) is 10.2 Å². The molecule has 2 atom stereocenters. The summed E-state index contributed by atoms with van der Waals surface area (Å²) in [6.07, 6.45) is 6.39. The van der Waals surface area contributed by atoms with Gasteiger partial charge >= 0.3 is 0 Å². The van der Waals surface area contributed by atoms with Crippen LogP contribution in [-0.2, 0) is 11.2 Å². The quantitative estimate of drug-likeness (QED) is 0.927. The van der Waals surface area contributed by atoms with E-state index in [1.165, 1.54) is 17.7 Å². The number of fused-ring (bicyclic) bond motifs is 2. The van der Waals surface area contributed by atoms with Crippen molar-refractivity contribution < 1.29 is 4.79 Å². The topological polar surface area (TPSA) is 32.3 Å². The molecule has 0 aromatic carbocycles. The minimum absolute atomic E-state index is 0. The fourth-order valence-electron chi connectivity index (χ4n) is 3.41. The summed E-state index contributed by atoms with van der Waals surface area (Å²) in [5, 5.41) is 5.71. The number of hydrogen-bond donors (Lipinski definition) is 1. The highest BCUT2D eigenvalue weighted by Crippen LogP contribution is 2.29. The third kappa shape index (κ3) is 3.54. The zero-order valence-electron chi connectivity index (χ0n) is 11.9. The molecule has 3 heterocycles. The van der Waals surface area contributed by atoms with E-state index in [-0.39, 0.29) is 12.4 Å². The van der Waals surface area contributed by atoms with Crippen LogP contribution < -0.4 is 5.32 Å². The SMILES string of the molecule is CN(C(=O)CCc1cccs1)C1CC2CCC(C1)N2.Cl. The molecule has 2 saturated heterocycles. The average molecular weight is 315 g/mol. The minimum Gasteiger partial charge on any atom is -0.343 e. The van der Waals surface area contributed by atoms with Crippen LogP contribution in [0.25, 0.3) is 0 Å². The number of rotatable bonds is 4. The Kier molecular flexibility index (Phi) is 5.47. The predicted octanol–water partition coefficient (Wildman–Crippen LogP) is 2.84. The summed E-state index contributed by atoms with van der Waals surface area (Å²) >= 11 is 1.74. The van der Waals surface area contributed by atoms with Crippen LogP contribution in [0.2, 0.25) is 0 Å². The van der Waals surface area contributed by atoms with Crippen LogP contribution in [0.3, 0.4) is 0 Å². The Hall–Kier alpha value is -0.580. The summed E-state index contributed by atoms with van der Waals surface area (Å²) in [4.78, 5) is 15.6. The van der Waals surface area contributed by atoms with Crippen molar-refractivity contribution in [1.29, 1.82) is 0 Å². The van der Waals surface area contributed by atoms with Gasteiger partial charge in [-0.3, -0.25) is 4.79 Å². The van der Waals surface area contributed by atoms with Gasteiger partial charge < -0.3 is 10.2 Å². The van der Waals surface area contributed by atoms with E-state index in [1.54, 1.807) is 11.3 Å². The van der Waals surface area contributed by atoms with Gasteiger partial charge in [0.05, 0.1) is 0 Å². The Balaban J connectivity index is 0.00000147. The molecule has 0 aliphatic carbocycles. The molecule has 1 aromatic rings. The summed E-state index contributed by atoms with van der Waals surface area (Å²) in [5.41, 5.74) is 0. The van der Waals surface area contributed by atoms with Crippen LogP contribution in [0.1, 0.15) is 37.0 Å². The lowest BCUT2D eigenvalue weighted by Crippen LogP contribution is -2.48. The molecule has 2 bridgehead atoms. The minimum atomic E-state index is 0. The van der Waals surface area contributed by atoms with Crippen molar-refractivity contribution >= 4 is 29.7 Å². The van der Waals surface area contributed by atoms with Gasteiger partial charge in [0.1, 0.15) is 0 Å². The molecule has 112 valence electrons. The van der Waals surface area contributed by atoms with E-state index in [9.17, 15) is 4.79 Å². The molecule has 1 N–H and O–H groups in total. The molecule has 2 aliphatic rings. The monoisotopic (exact) mass is 314 g/mol. The van der Waals surface area contributed by atoms with E-state index in [2.05, 4.69) is 22.8 Å². The Morgan fingerprint density at radius 1 is 1.40 bits per heavy atom. The number of thiophene rings is 1. The smallest absolute Gasteiger partial charge is 0.222 e. The number of nitrogens with zero attached hydrogens (tertiary/aromatic N) is 1. The van der Waals surface area contributed by atoms with Gasteiger partial charge in [0.15, 0.2) is 0 Å². The van der Waals surface area contributed by atoms with Gasteiger partial charge in [-0.1, -0.05) is 6.07 Å². The van der Waals surface area contributed by atoms with Gasteiger partial charge in [0.2, 0.25) is 5.91 Å². The lowest BCUT2D eigenvalue weighted by atomic mass is 9.98. The van der Waals surface area contributed by atoms with Crippen LogP contribution in [0, 0.1) is 0 Å². The number of hydrogen-bond acceptors (Lipinski definition) is 3. The van der Waals surface area contributed by atoms with Gasteiger partial charge in [-0.25, -0.2) is 0 Å². The van der Waals surface area contributed by atoms with Crippen molar-refractivity contribution in [3.8, 4) is 0 Å². The van der Waals surface area contributed by atoms with E-state index in [0.29, 0.717) is 30.5 Å². The van der Waals surface area contributed by atoms with Gasteiger partial charge in [-0.15, -0.1) is 23.7 Å². The van der Waals surface area contributed by atoms with Crippen LogP contribution in [0.5, 0.6) is 0 Å². The first-order valence-electron chi connectivity index (χ1n) is 7.26. The molecule has 3 nitrogen and oxygen atoms in total. The molecule has 3 rings (SSSR count). The first kappa shape index (κ1) is 15.8. The van der Waals surface area contributed by atoms with Crippen molar-refractivity contribution in [2.45, 2.75) is 56.7 Å². The fourth-order valence-corrected chi connectivity index (χ4v) is 4.12. The number of piperidine rings is 1. The Labute approximate surface area is 131 Å². The van der Waals surface area contributed by atoms with E-state index in [0.717, 1.165) is 19.3 Å². The second kappa shape index (κ2) is 6.92. The molecule has 2 fully saturated rings. The average Bonchev–Trinajstić information content (AvgIpc) is 3.05. The van der Waals surface area contributed by atoms with Gasteiger partial charge in [0.25, 0.3) is 0 Å². The maximum absolute atomic E-state index is 12.3. The Morgan fingerprint density at radius 3 is 2.70 bits per heavy atom. The van der Waals surface area contributed by atoms with Crippen LogP contribution >= 0.6 is 23.7 Å². The van der Waals surface area contributed by atoms with Crippen molar-refractivity contribution in [3.63, 3.8) is 0 Å². The van der Waals surface area contributed by atoms with E-state index in [4.69, 9.17) is 0 Å². The van der Waals surface area contributed by atoms with Gasteiger partial charge in [0, 0.05) is 36.5 Å². The van der Waals surface area contributed by atoms with Gasteiger partial charge in [-0.2, -0.15) is 0 Å². The molecule has 2 unspecified atom stereocenters. The molecule has 20 heavy (non-hydrogen) atoms. The number of nitrogens with one attached hydrogen (secondary N) is 1. The normalized spacial score (nSPS) is 27.9. The van der Waals surface area contributed by atoms with Gasteiger partial charge in [-0.05, 0) is 43.6 Å². The van der Waals surface area contributed by atoms with E-state index < -0.39 is 0 Å². The molecule has 5 heteroatoms. The van der Waals surface area contributed by atoms with Crippen molar-refractivity contribution in [2.75, 3.05) is 7.05 Å². The number of amides is 1. The fraction of sp³-hybridized carbons (Fsp3) is 0.667. The maximum Gasteiger partial charge on any atom is 0.222 e. The van der Waals surface area contributed by atoms with Crippen LogP contribution in [-0.4, -0.2) is 36.0 Å². The van der Waals surface area contributed by atoms with Crippen molar-refractivity contribution in [3.05, 3.63) is 22.4 Å². The summed E-state index contributed by atoms with van der Waals surface area (Å²) in [6, 6.07) is 5.92. The Morgan fingerprint density at radius 2 is 2.10 bits per heavy atom. The third-order valence-electron chi connectivity index (χ3n) is 4.55. The standard InChI is InChI=1S/C15H22N2OS.ClH/c1-17(13-9-11-4-5-12(10-13)16-11)15(18)7-6-14-3-2-8-19-14;/h2-3,8,11-13,16H,4-7,9-10H2,1H3;1H. The van der Waals surface area contributed by atoms with Crippen molar-refractivity contribution in [2.24, 2.45) is 0 Å². The predicted molar refractivity (Wildman–Crippen MR) is 85.6 cm³/mol. The molecular weight excluding hydrogens is 292 g/mol. The molecule has 0 saturated carbocycles. The highest BCUT2D eigenvalue weighted by atomic mass is 35.5. The third-order valence-corrected chi connectivity index (χ3v) is 5.49. The number of carbonyl (C=O) groups is 1. The highest BCUT2D eigenvalue weighted by molar-refractivity contribution is 7.09. The first-order chi connectivity index (χ1) is 9.22. The summed E-state index contributed by atoms with van der Waals surface area (Å²) in [7, 11) is 1.99. The van der Waals surface area contributed by atoms with E-state index in [1.807, 2.05) is 11.9 Å². The van der Waals surface area contributed by atoms with Crippen LogP contribution in [0.15, 0.2) is 17.5 Å². The molecule has 1 aromatic heterocycles. The molecule has 2 aliphatic heterocycles. The lowest BCUT2D eigenvalue weighted by molar-refractivity contribution is -0.132. The summed E-state index contributed by atoms with van der Waals surface area (Å²) in [6.45, 7) is 0. The highest BCUT2D eigenvalue weighted by Gasteiger charge is 2.36. The zero-order valence-corrected chi connectivity index (χ0v) is 13.5. The molecule has 1 amide bonds. The largest absolute Gasteiger partial charge is 0.343 e. The second-order valence-electron chi connectivity index (χ2n) is 5.85. The summed E-state index contributed by atoms with van der Waals surface area (Å²) < 4.78 is 0. The number of aryl methyl sites for hydroxylation is 1. The molecular formula is C15H23ClN2OS. The Bertz CT molecular complexity index is 425. The number of carbonyl (C=O) groups excluding carboxylic acids is 1. The zero-order chi connectivity index (χ0) is 13.2.